The van der Waals surface area contributed by atoms with Gasteiger partial charge in [-0.2, -0.15) is 0 Å². The number of amidine groups is 1. The number of aliphatic hydroxyl groups excluding tert-OH is 1. The molecule has 11 amide bonds. The van der Waals surface area contributed by atoms with Crippen molar-refractivity contribution >= 4 is 70.8 Å². The monoisotopic (exact) mass is 1230 g/mol. The van der Waals surface area contributed by atoms with Gasteiger partial charge in [-0.25, -0.2) is 0 Å². The number of carbonyl (C=O) groups is 11. The van der Waals surface area contributed by atoms with Crippen LogP contribution in [0.4, 0.5) is 0 Å². The van der Waals surface area contributed by atoms with Gasteiger partial charge in [-0.1, -0.05) is 96.9 Å². The third kappa shape index (κ3) is 21.1. The lowest BCUT2D eigenvalue weighted by atomic mass is 9.91. The molecule has 2 aliphatic rings. The summed E-state index contributed by atoms with van der Waals surface area (Å²) in [5.41, 5.74) is 0. The third-order valence-corrected chi connectivity index (χ3v) is 16.6. The number of aliphatic hydroxyl groups is 1. The van der Waals surface area contributed by atoms with Crippen LogP contribution in [0.2, 0.25) is 0 Å². The Hall–Kier alpha value is -6.40. The first-order valence-corrected chi connectivity index (χ1v) is 31.2. The molecule has 12 unspecified atom stereocenters. The molecule has 0 aliphatic carbocycles. The summed E-state index contributed by atoms with van der Waals surface area (Å²) in [4.78, 5) is 174. The molecule has 0 radical (unpaired) electrons. The van der Waals surface area contributed by atoms with E-state index in [1.165, 1.54) is 87.7 Å². The predicted octanol–water partition coefficient (Wildman–Crippen LogP) is 1.69. The van der Waals surface area contributed by atoms with Gasteiger partial charge >= 0.3 is 0 Å². The topological polar surface area (TPSA) is 303 Å². The van der Waals surface area contributed by atoms with E-state index in [1.54, 1.807) is 41.5 Å². The van der Waals surface area contributed by atoms with Gasteiger partial charge in [0.1, 0.15) is 60.4 Å². The van der Waals surface area contributed by atoms with Crippen LogP contribution in [0.15, 0.2) is 4.99 Å². The highest BCUT2D eigenvalue weighted by atomic mass is 16.3. The number of nitrogens with zero attached hydrogens (tertiary/aromatic N) is 8. The molecule has 496 valence electrons. The molecular formula is C62H111N13O12. The Kier molecular flexibility index (Phi) is 30.3. The summed E-state index contributed by atoms with van der Waals surface area (Å²) in [5, 5.41) is 26.4. The number of hydrogen-bond acceptors (Lipinski definition) is 14. The number of hydrogen-bond donors (Lipinski definition) is 6. The summed E-state index contributed by atoms with van der Waals surface area (Å²) < 4.78 is 0. The molecule has 87 heavy (non-hydrogen) atoms. The Bertz CT molecular complexity index is 2430. The Morgan fingerprint density at radius 3 is 1.37 bits per heavy atom. The fourth-order valence-corrected chi connectivity index (χ4v) is 11.2. The van der Waals surface area contributed by atoms with E-state index in [1.807, 2.05) is 55.4 Å². The summed E-state index contributed by atoms with van der Waals surface area (Å²) in [5.74, 6) is -9.30. The maximum Gasteiger partial charge on any atom is 0.246 e. The van der Waals surface area contributed by atoms with Crippen molar-refractivity contribution in [1.82, 2.24) is 60.9 Å². The van der Waals surface area contributed by atoms with E-state index in [2.05, 4.69) is 31.6 Å². The lowest BCUT2D eigenvalue weighted by molar-refractivity contribution is -0.157. The minimum atomic E-state index is -1.65. The quantitative estimate of drug-likeness (QED) is 0.136. The molecular weight excluding hydrogens is 1120 g/mol. The van der Waals surface area contributed by atoms with Gasteiger partial charge in [-0.05, 0) is 87.4 Å². The molecule has 25 heteroatoms. The van der Waals surface area contributed by atoms with Gasteiger partial charge in [-0.3, -0.25) is 57.7 Å². The van der Waals surface area contributed by atoms with E-state index in [9.17, 15) is 48.3 Å². The van der Waals surface area contributed by atoms with Crippen LogP contribution in [0.25, 0.3) is 0 Å². The number of rotatable bonds is 15. The second kappa shape index (κ2) is 34.4. The molecule has 6 N–H and O–H groups in total. The highest BCUT2D eigenvalue weighted by Crippen LogP contribution is 2.26. The van der Waals surface area contributed by atoms with Crippen molar-refractivity contribution in [1.29, 1.82) is 0 Å². The number of carbonyl (C=O) groups excluding carboxylic acids is 11. The van der Waals surface area contributed by atoms with Crippen LogP contribution in [0, 0.1) is 41.4 Å². The lowest BCUT2D eigenvalue weighted by Gasteiger charge is -2.41. The minimum absolute atomic E-state index is 0.0111. The van der Waals surface area contributed by atoms with Crippen LogP contribution >= 0.6 is 0 Å². The largest absolute Gasteiger partial charge is 0.390 e. The number of nitrogens with one attached hydrogen (secondary N) is 5. The van der Waals surface area contributed by atoms with Crippen molar-refractivity contribution in [3.63, 3.8) is 0 Å². The van der Waals surface area contributed by atoms with Gasteiger partial charge in [0.25, 0.3) is 0 Å². The average molecular weight is 1230 g/mol. The Labute approximate surface area is 519 Å². The molecule has 0 aromatic rings. The number of aliphatic imine (C=N–C) groups is 1. The highest BCUT2D eigenvalue weighted by molar-refractivity contribution is 5.99. The number of likely N-dealkylation sites (N-methyl/N-ethyl adjacent to an activating group) is 7. The fourth-order valence-electron chi connectivity index (χ4n) is 11.2. The Morgan fingerprint density at radius 1 is 0.471 bits per heavy atom. The third-order valence-electron chi connectivity index (χ3n) is 16.6. The standard InChI is InChI=1S/C62H111N13O12/c1-24-42-58(83)69(17)32-48(76)70(18)43(27-33(2)3)55(80)68-49(37(10)11)61(86)71(19)44(28-34(4)5)54(79)65-40(15)53(78)66-41(16)57(82)72(20)45(29-35(6)7)59(84)73(21)46(30-36(8)9)60(85)74(22)50(38(12)13)62(87)75(23)51(56(81)67-42)52(77)39(14)31-47-63-25-26-64-47/h33-46,49-52,77H,24-32H2,1-23H3,(H,63,64)(H,65,79)(H,66,78)(H,67,81)(H,68,80). The molecule has 2 rings (SSSR count). The molecule has 0 spiro atoms. The second-order valence-corrected chi connectivity index (χ2v) is 26.7. The minimum Gasteiger partial charge on any atom is -0.390 e. The molecule has 0 saturated carbocycles. The smallest absolute Gasteiger partial charge is 0.246 e. The van der Waals surface area contributed by atoms with E-state index < -0.39 is 156 Å². The maximum atomic E-state index is 15.2. The lowest BCUT2D eigenvalue weighted by Crippen LogP contribution is -2.63. The molecule has 1 saturated heterocycles. The average Bonchev–Trinajstić information content (AvgIpc) is 2.08. The van der Waals surface area contributed by atoms with E-state index >= 15 is 9.59 Å². The molecule has 2 aliphatic heterocycles. The van der Waals surface area contributed by atoms with Gasteiger partial charge in [0.15, 0.2) is 0 Å². The van der Waals surface area contributed by atoms with Gasteiger partial charge in [0, 0.05) is 62.3 Å². The first-order valence-electron chi connectivity index (χ1n) is 31.2. The SMILES string of the molecule is CCC1NC(=O)C(C(O)C(C)CC2=NCCN2)N(C)C(=O)C(C(C)C)N(C)C(=O)C(CC(C)C)N(C)C(=O)C(CC(C)C)N(C)C(=O)C(C)NC(=O)C(C)NC(=O)C(CC(C)C)N(C)C(=O)C(C(C)C)NC(=O)C(CC(C)C)N(C)C(=O)CN(C)C1=O. The van der Waals surface area contributed by atoms with E-state index in [4.69, 9.17) is 0 Å². The summed E-state index contributed by atoms with van der Waals surface area (Å²) in [6.45, 7) is 28.6. The van der Waals surface area contributed by atoms with E-state index in [-0.39, 0.29) is 62.2 Å². The van der Waals surface area contributed by atoms with Crippen molar-refractivity contribution in [2.75, 3.05) is 69.0 Å². The fraction of sp³-hybridized carbons (Fsp3) is 0.806. The zero-order chi connectivity index (χ0) is 67.0. The van der Waals surface area contributed by atoms with Crippen molar-refractivity contribution in [2.45, 2.75) is 216 Å². The zero-order valence-electron chi connectivity index (χ0n) is 56.8. The van der Waals surface area contributed by atoms with Crippen LogP contribution in [0.5, 0.6) is 0 Å². The van der Waals surface area contributed by atoms with Crippen molar-refractivity contribution in [3.8, 4) is 0 Å². The molecule has 2 heterocycles. The van der Waals surface area contributed by atoms with E-state index in [0.29, 0.717) is 18.9 Å². The van der Waals surface area contributed by atoms with Crippen LogP contribution < -0.4 is 26.6 Å². The number of amides is 11. The van der Waals surface area contributed by atoms with Crippen molar-refractivity contribution < 1.29 is 57.8 Å². The van der Waals surface area contributed by atoms with Crippen molar-refractivity contribution in [3.05, 3.63) is 0 Å². The van der Waals surface area contributed by atoms with Crippen molar-refractivity contribution in [2.24, 2.45) is 46.4 Å². The van der Waals surface area contributed by atoms with Crippen LogP contribution in [0.3, 0.4) is 0 Å². The van der Waals surface area contributed by atoms with Crippen LogP contribution in [-0.4, -0.2) is 246 Å². The van der Waals surface area contributed by atoms with Gasteiger partial charge in [-0.15, -0.1) is 0 Å². The molecule has 12 atom stereocenters. The Balaban J connectivity index is 2.97. The first kappa shape index (κ1) is 76.7. The second-order valence-electron chi connectivity index (χ2n) is 26.7. The summed E-state index contributed by atoms with van der Waals surface area (Å²) >= 11 is 0. The zero-order valence-corrected chi connectivity index (χ0v) is 56.8. The van der Waals surface area contributed by atoms with Gasteiger partial charge in [0.05, 0.1) is 25.0 Å². The first-order chi connectivity index (χ1) is 40.2. The molecule has 25 nitrogen and oxygen atoms in total. The molecule has 0 aromatic carbocycles. The molecule has 0 bridgehead atoms. The summed E-state index contributed by atoms with van der Waals surface area (Å²) in [7, 11) is 9.90. The highest BCUT2D eigenvalue weighted by Gasteiger charge is 2.46. The summed E-state index contributed by atoms with van der Waals surface area (Å²) in [6, 6.07) is -12.4. The summed E-state index contributed by atoms with van der Waals surface area (Å²) in [6.07, 6.45) is -0.743. The van der Waals surface area contributed by atoms with Crippen LogP contribution in [0.1, 0.15) is 149 Å². The normalized spacial score (nSPS) is 27.2. The van der Waals surface area contributed by atoms with Gasteiger partial charge < -0.3 is 66.0 Å². The molecule has 0 aromatic heterocycles. The predicted molar refractivity (Wildman–Crippen MR) is 334 cm³/mol. The molecule has 1 fully saturated rings. The maximum absolute atomic E-state index is 15.2. The Morgan fingerprint density at radius 2 is 0.908 bits per heavy atom. The van der Waals surface area contributed by atoms with E-state index in [0.717, 1.165) is 9.80 Å². The van der Waals surface area contributed by atoms with Gasteiger partial charge in [0.2, 0.25) is 65.0 Å². The van der Waals surface area contributed by atoms with Crippen LogP contribution in [-0.2, 0) is 52.7 Å².